The van der Waals surface area contributed by atoms with E-state index in [9.17, 15) is 0 Å². The zero-order valence-corrected chi connectivity index (χ0v) is 11.5. The van der Waals surface area contributed by atoms with Gasteiger partial charge in [0.25, 0.3) is 0 Å². The van der Waals surface area contributed by atoms with Crippen LogP contribution in [0.25, 0.3) is 11.0 Å². The number of nitrogens with one attached hydrogen (secondary N) is 1. The van der Waals surface area contributed by atoms with Gasteiger partial charge in [-0.1, -0.05) is 37.1 Å². The van der Waals surface area contributed by atoms with Crippen molar-refractivity contribution < 1.29 is 0 Å². The Balaban J connectivity index is 1.57. The van der Waals surface area contributed by atoms with Gasteiger partial charge in [-0.3, -0.25) is 0 Å². The topological polar surface area (TPSA) is 42.7 Å². The second kappa shape index (κ2) is 5.70. The Kier molecular flexibility index (Phi) is 3.78. The van der Waals surface area contributed by atoms with E-state index in [0.29, 0.717) is 6.04 Å². The van der Waals surface area contributed by atoms with E-state index in [4.69, 9.17) is 0 Å². The molecule has 102 valence electrons. The molecule has 0 bridgehead atoms. The van der Waals surface area contributed by atoms with Crippen LogP contribution in [0.1, 0.15) is 32.6 Å². The molecule has 0 radical (unpaired) electrons. The van der Waals surface area contributed by atoms with E-state index < -0.39 is 0 Å². The fourth-order valence-electron chi connectivity index (χ4n) is 3.06. The summed E-state index contributed by atoms with van der Waals surface area (Å²) >= 11 is 0. The van der Waals surface area contributed by atoms with Crippen LogP contribution in [-0.4, -0.2) is 27.6 Å². The summed E-state index contributed by atoms with van der Waals surface area (Å²) in [6.45, 7) is 4.23. The van der Waals surface area contributed by atoms with Crippen LogP contribution < -0.4 is 5.32 Å². The third-order valence-electron chi connectivity index (χ3n) is 4.26. The van der Waals surface area contributed by atoms with Crippen molar-refractivity contribution in [2.24, 2.45) is 5.92 Å². The van der Waals surface area contributed by atoms with Crippen molar-refractivity contribution in [2.45, 2.75) is 45.2 Å². The Bertz CT molecular complexity index is 534. The Hall–Kier alpha value is -1.42. The van der Waals surface area contributed by atoms with E-state index in [1.807, 2.05) is 22.9 Å². The van der Waals surface area contributed by atoms with Crippen LogP contribution in [0, 0.1) is 5.92 Å². The summed E-state index contributed by atoms with van der Waals surface area (Å²) in [6.07, 6.45) is 5.45. The molecule has 0 spiro atoms. The Morgan fingerprint density at radius 3 is 3.00 bits per heavy atom. The zero-order valence-electron chi connectivity index (χ0n) is 11.5. The lowest BCUT2D eigenvalue weighted by atomic mass is 9.86. The maximum Gasteiger partial charge on any atom is 0.113 e. The molecular weight excluding hydrogens is 236 g/mol. The first-order valence-corrected chi connectivity index (χ1v) is 7.36. The molecule has 0 aliphatic heterocycles. The van der Waals surface area contributed by atoms with Gasteiger partial charge in [-0.2, -0.15) is 0 Å². The first kappa shape index (κ1) is 12.6. The third kappa shape index (κ3) is 2.78. The molecule has 3 rings (SSSR count). The predicted molar refractivity (Wildman–Crippen MR) is 77.0 cm³/mol. The molecule has 1 saturated carbocycles. The first-order valence-electron chi connectivity index (χ1n) is 7.36. The van der Waals surface area contributed by atoms with Crippen LogP contribution in [0.5, 0.6) is 0 Å². The minimum Gasteiger partial charge on any atom is -0.312 e. The van der Waals surface area contributed by atoms with Crippen molar-refractivity contribution in [3.8, 4) is 0 Å². The van der Waals surface area contributed by atoms with E-state index in [1.165, 1.54) is 25.7 Å². The second-order valence-corrected chi connectivity index (χ2v) is 5.62. The van der Waals surface area contributed by atoms with Gasteiger partial charge in [-0.05, 0) is 30.9 Å². The number of hydrogen-bond donors (Lipinski definition) is 1. The summed E-state index contributed by atoms with van der Waals surface area (Å²) in [6, 6.07) is 8.82. The van der Waals surface area contributed by atoms with E-state index >= 15 is 0 Å². The minimum absolute atomic E-state index is 0.684. The minimum atomic E-state index is 0.684. The van der Waals surface area contributed by atoms with E-state index in [0.717, 1.165) is 30.0 Å². The monoisotopic (exact) mass is 258 g/mol. The molecule has 1 fully saturated rings. The highest BCUT2D eigenvalue weighted by molar-refractivity contribution is 5.73. The van der Waals surface area contributed by atoms with Gasteiger partial charge in [0.15, 0.2) is 0 Å². The quantitative estimate of drug-likeness (QED) is 0.916. The lowest BCUT2D eigenvalue weighted by molar-refractivity contribution is 0.277. The van der Waals surface area contributed by atoms with Gasteiger partial charge < -0.3 is 5.32 Å². The van der Waals surface area contributed by atoms with Gasteiger partial charge in [-0.25, -0.2) is 4.68 Å². The maximum atomic E-state index is 4.22. The molecule has 1 aromatic heterocycles. The molecule has 1 heterocycles. The smallest absolute Gasteiger partial charge is 0.113 e. The third-order valence-corrected chi connectivity index (χ3v) is 4.26. The van der Waals surface area contributed by atoms with E-state index in [2.05, 4.69) is 28.6 Å². The summed E-state index contributed by atoms with van der Waals surface area (Å²) < 4.78 is 2.00. The fourth-order valence-corrected chi connectivity index (χ4v) is 3.06. The second-order valence-electron chi connectivity index (χ2n) is 5.62. The molecule has 1 aromatic carbocycles. The van der Waals surface area contributed by atoms with E-state index in [1.54, 1.807) is 0 Å². The molecule has 1 N–H and O–H groups in total. The first-order chi connectivity index (χ1) is 9.34. The average Bonchev–Trinajstić information content (AvgIpc) is 2.85. The SMILES string of the molecule is CC1CCCCC1NCCn1nnc2ccccc21. The molecule has 19 heavy (non-hydrogen) atoms. The molecular formula is C15H22N4. The summed E-state index contributed by atoms with van der Waals surface area (Å²) in [4.78, 5) is 0. The molecule has 0 amide bonds. The molecule has 4 heteroatoms. The Morgan fingerprint density at radius 2 is 2.11 bits per heavy atom. The number of hydrogen-bond acceptors (Lipinski definition) is 3. The van der Waals surface area contributed by atoms with Gasteiger partial charge in [0.1, 0.15) is 5.52 Å². The molecule has 4 nitrogen and oxygen atoms in total. The fraction of sp³-hybridized carbons (Fsp3) is 0.600. The zero-order chi connectivity index (χ0) is 13.1. The lowest BCUT2D eigenvalue weighted by Gasteiger charge is -2.29. The highest BCUT2D eigenvalue weighted by Crippen LogP contribution is 2.23. The Morgan fingerprint density at radius 1 is 1.26 bits per heavy atom. The van der Waals surface area contributed by atoms with E-state index in [-0.39, 0.29) is 0 Å². The standard InChI is InChI=1S/C15H22N4/c1-12-6-2-3-7-13(12)16-10-11-19-15-9-5-4-8-14(15)17-18-19/h4-5,8-9,12-13,16H,2-3,6-7,10-11H2,1H3. The van der Waals surface area contributed by atoms with Crippen molar-refractivity contribution in [3.63, 3.8) is 0 Å². The van der Waals surface area contributed by atoms with Crippen molar-refractivity contribution in [1.82, 2.24) is 20.3 Å². The average molecular weight is 258 g/mol. The summed E-state index contributed by atoms with van der Waals surface area (Å²) in [7, 11) is 0. The van der Waals surface area contributed by atoms with Crippen LogP contribution in [0.4, 0.5) is 0 Å². The van der Waals surface area contributed by atoms with Gasteiger partial charge in [0.2, 0.25) is 0 Å². The highest BCUT2D eigenvalue weighted by Gasteiger charge is 2.20. The van der Waals surface area contributed by atoms with Crippen molar-refractivity contribution in [3.05, 3.63) is 24.3 Å². The molecule has 1 aliphatic carbocycles. The molecule has 2 unspecified atom stereocenters. The van der Waals surface area contributed by atoms with Crippen molar-refractivity contribution in [2.75, 3.05) is 6.54 Å². The van der Waals surface area contributed by atoms with Gasteiger partial charge in [0.05, 0.1) is 12.1 Å². The molecule has 0 saturated heterocycles. The number of aromatic nitrogens is 3. The Labute approximate surface area is 114 Å². The molecule has 1 aliphatic rings. The van der Waals surface area contributed by atoms with Crippen LogP contribution in [0.15, 0.2) is 24.3 Å². The molecule has 2 atom stereocenters. The largest absolute Gasteiger partial charge is 0.312 e. The van der Waals surface area contributed by atoms with Crippen molar-refractivity contribution >= 4 is 11.0 Å². The highest BCUT2D eigenvalue weighted by atomic mass is 15.4. The number of para-hydroxylation sites is 1. The summed E-state index contributed by atoms with van der Waals surface area (Å²) in [5, 5.41) is 12.1. The maximum absolute atomic E-state index is 4.22. The number of benzene rings is 1. The normalized spacial score (nSPS) is 23.8. The van der Waals surface area contributed by atoms with Crippen molar-refractivity contribution in [1.29, 1.82) is 0 Å². The number of nitrogens with zero attached hydrogens (tertiary/aromatic N) is 3. The summed E-state index contributed by atoms with van der Waals surface area (Å²) in [5.74, 6) is 0.807. The lowest BCUT2D eigenvalue weighted by Crippen LogP contribution is -2.38. The van der Waals surface area contributed by atoms with Crippen LogP contribution in [-0.2, 0) is 6.54 Å². The van der Waals surface area contributed by atoms with Crippen LogP contribution in [0.3, 0.4) is 0 Å². The predicted octanol–water partition coefficient (Wildman–Crippen LogP) is 2.60. The van der Waals surface area contributed by atoms with Crippen LogP contribution >= 0.6 is 0 Å². The number of rotatable bonds is 4. The van der Waals surface area contributed by atoms with Gasteiger partial charge >= 0.3 is 0 Å². The number of fused-ring (bicyclic) bond motifs is 1. The van der Waals surface area contributed by atoms with Gasteiger partial charge in [0, 0.05) is 12.6 Å². The molecule has 2 aromatic rings. The summed E-state index contributed by atoms with van der Waals surface area (Å²) in [5.41, 5.74) is 2.11. The van der Waals surface area contributed by atoms with Gasteiger partial charge in [-0.15, -0.1) is 5.10 Å². The van der Waals surface area contributed by atoms with Crippen LogP contribution in [0.2, 0.25) is 0 Å².